The molecule has 2 rings (SSSR count). The van der Waals surface area contributed by atoms with E-state index in [1.165, 1.54) is 0 Å². The number of aromatic nitrogens is 1. The van der Waals surface area contributed by atoms with Crippen molar-refractivity contribution in [2.75, 3.05) is 0 Å². The predicted molar refractivity (Wildman–Crippen MR) is 46.0 cm³/mol. The molecule has 0 aromatic carbocycles. The molecule has 0 aliphatic carbocycles. The fourth-order valence-corrected chi connectivity index (χ4v) is 1.95. The van der Waals surface area contributed by atoms with Crippen molar-refractivity contribution in [2.24, 2.45) is 0 Å². The molecule has 0 bridgehead atoms. The summed E-state index contributed by atoms with van der Waals surface area (Å²) in [4.78, 5) is 3.94. The summed E-state index contributed by atoms with van der Waals surface area (Å²) in [6.45, 7) is 1.90. The van der Waals surface area contributed by atoms with E-state index < -0.39 is 0 Å². The summed E-state index contributed by atoms with van der Waals surface area (Å²) in [5.41, 5.74) is 0.898. The average molecular weight is 165 g/mol. The van der Waals surface area contributed by atoms with E-state index in [0.29, 0.717) is 0 Å². The van der Waals surface area contributed by atoms with Crippen LogP contribution in [0.25, 0.3) is 10.1 Å². The second-order valence-electron chi connectivity index (χ2n) is 2.40. The molecule has 1 N–H and O–H groups in total. The molecule has 0 aliphatic rings. The second kappa shape index (κ2) is 2.20. The van der Waals surface area contributed by atoms with Crippen LogP contribution < -0.4 is 0 Å². The van der Waals surface area contributed by atoms with E-state index in [4.69, 9.17) is 5.11 Å². The molecule has 0 aliphatic heterocycles. The number of thiophene rings is 1. The first-order valence-electron chi connectivity index (χ1n) is 3.31. The van der Waals surface area contributed by atoms with Crippen molar-refractivity contribution in [3.63, 3.8) is 0 Å². The summed E-state index contributed by atoms with van der Waals surface area (Å²) in [6, 6.07) is 3.66. The maximum atomic E-state index is 9.12. The lowest BCUT2D eigenvalue weighted by molar-refractivity contribution is 0.453. The summed E-state index contributed by atoms with van der Waals surface area (Å²) >= 11 is 1.65. The molecule has 2 heterocycles. The SMILES string of the molecule is Cc1nc(O)cc2ccsc12. The zero-order valence-electron chi connectivity index (χ0n) is 6.03. The van der Waals surface area contributed by atoms with Crippen molar-refractivity contribution in [2.45, 2.75) is 6.92 Å². The Morgan fingerprint density at radius 1 is 1.55 bits per heavy atom. The van der Waals surface area contributed by atoms with Crippen LogP contribution in [0.5, 0.6) is 5.88 Å². The van der Waals surface area contributed by atoms with Gasteiger partial charge >= 0.3 is 0 Å². The van der Waals surface area contributed by atoms with Gasteiger partial charge in [-0.15, -0.1) is 11.3 Å². The van der Waals surface area contributed by atoms with E-state index in [0.717, 1.165) is 15.8 Å². The maximum absolute atomic E-state index is 9.12. The van der Waals surface area contributed by atoms with Crippen LogP contribution in [0.1, 0.15) is 5.69 Å². The van der Waals surface area contributed by atoms with E-state index in [1.54, 1.807) is 17.4 Å². The number of nitrogens with zero attached hydrogens (tertiary/aromatic N) is 1. The number of aryl methyl sites for hydroxylation is 1. The molecule has 0 saturated carbocycles. The van der Waals surface area contributed by atoms with Gasteiger partial charge in [0.1, 0.15) is 0 Å². The van der Waals surface area contributed by atoms with Crippen LogP contribution >= 0.6 is 11.3 Å². The Hall–Kier alpha value is -1.09. The summed E-state index contributed by atoms with van der Waals surface area (Å²) in [7, 11) is 0. The Morgan fingerprint density at radius 3 is 3.18 bits per heavy atom. The van der Waals surface area contributed by atoms with Crippen LogP contribution in [0.3, 0.4) is 0 Å². The van der Waals surface area contributed by atoms with Gasteiger partial charge in [0, 0.05) is 6.07 Å². The zero-order valence-corrected chi connectivity index (χ0v) is 6.85. The first-order valence-corrected chi connectivity index (χ1v) is 4.19. The minimum atomic E-state index is 0.105. The topological polar surface area (TPSA) is 33.1 Å². The van der Waals surface area contributed by atoms with Crippen LogP contribution in [0.4, 0.5) is 0 Å². The van der Waals surface area contributed by atoms with Gasteiger partial charge in [0.2, 0.25) is 5.88 Å². The first-order chi connectivity index (χ1) is 5.27. The van der Waals surface area contributed by atoms with Crippen LogP contribution in [0.2, 0.25) is 0 Å². The lowest BCUT2D eigenvalue weighted by Gasteiger charge is -1.95. The minimum Gasteiger partial charge on any atom is -0.493 e. The van der Waals surface area contributed by atoms with Gasteiger partial charge < -0.3 is 5.11 Å². The molecule has 0 fully saturated rings. The van der Waals surface area contributed by atoms with Gasteiger partial charge in [0.15, 0.2) is 0 Å². The Balaban J connectivity index is 2.91. The van der Waals surface area contributed by atoms with Crippen molar-refractivity contribution in [3.05, 3.63) is 23.2 Å². The van der Waals surface area contributed by atoms with Gasteiger partial charge in [-0.3, -0.25) is 0 Å². The van der Waals surface area contributed by atoms with E-state index >= 15 is 0 Å². The van der Waals surface area contributed by atoms with Gasteiger partial charge in [-0.05, 0) is 23.8 Å². The molecule has 56 valence electrons. The van der Waals surface area contributed by atoms with Gasteiger partial charge in [-0.25, -0.2) is 4.98 Å². The fraction of sp³-hybridized carbons (Fsp3) is 0.125. The Labute approximate surface area is 68.1 Å². The molecule has 0 unspecified atom stereocenters. The molecule has 2 aromatic rings. The monoisotopic (exact) mass is 165 g/mol. The van der Waals surface area contributed by atoms with Gasteiger partial charge in [-0.1, -0.05) is 0 Å². The van der Waals surface area contributed by atoms with Crippen LogP contribution in [0.15, 0.2) is 17.5 Å². The van der Waals surface area contributed by atoms with Crippen molar-refractivity contribution >= 4 is 21.4 Å². The van der Waals surface area contributed by atoms with E-state index in [2.05, 4.69) is 4.98 Å². The van der Waals surface area contributed by atoms with E-state index in [1.807, 2.05) is 18.4 Å². The third kappa shape index (κ3) is 0.973. The lowest BCUT2D eigenvalue weighted by atomic mass is 10.3. The molecule has 0 spiro atoms. The summed E-state index contributed by atoms with van der Waals surface area (Å²) < 4.78 is 1.16. The van der Waals surface area contributed by atoms with Crippen molar-refractivity contribution in [1.82, 2.24) is 4.98 Å². The molecular formula is C8H7NOS. The molecule has 0 amide bonds. The number of pyridine rings is 1. The normalized spacial score (nSPS) is 10.6. The first kappa shape index (κ1) is 6.61. The van der Waals surface area contributed by atoms with Crippen molar-refractivity contribution in [3.8, 4) is 5.88 Å². The molecular weight excluding hydrogens is 158 g/mol. The molecule has 0 saturated heterocycles. The van der Waals surface area contributed by atoms with Crippen molar-refractivity contribution in [1.29, 1.82) is 0 Å². The molecule has 11 heavy (non-hydrogen) atoms. The average Bonchev–Trinajstić information content (AvgIpc) is 2.34. The number of fused-ring (bicyclic) bond motifs is 1. The quantitative estimate of drug-likeness (QED) is 0.649. The minimum absolute atomic E-state index is 0.105. The Bertz CT molecular complexity index is 394. The third-order valence-corrected chi connectivity index (χ3v) is 2.63. The summed E-state index contributed by atoms with van der Waals surface area (Å²) in [5.74, 6) is 0.105. The molecule has 2 aromatic heterocycles. The van der Waals surface area contributed by atoms with Gasteiger partial charge in [0.25, 0.3) is 0 Å². The smallest absolute Gasteiger partial charge is 0.211 e. The highest BCUT2D eigenvalue weighted by atomic mass is 32.1. The van der Waals surface area contributed by atoms with Crippen LogP contribution in [0, 0.1) is 6.92 Å². The largest absolute Gasteiger partial charge is 0.493 e. The zero-order chi connectivity index (χ0) is 7.84. The Morgan fingerprint density at radius 2 is 2.36 bits per heavy atom. The third-order valence-electron chi connectivity index (χ3n) is 1.59. The maximum Gasteiger partial charge on any atom is 0.211 e. The Kier molecular flexibility index (Phi) is 1.32. The van der Waals surface area contributed by atoms with Gasteiger partial charge in [-0.2, -0.15) is 0 Å². The lowest BCUT2D eigenvalue weighted by Crippen LogP contribution is -1.79. The number of rotatable bonds is 0. The standard InChI is InChI=1S/C8H7NOS/c1-5-8-6(2-3-11-8)4-7(10)9-5/h2-4H,1H3,(H,9,10). The van der Waals surface area contributed by atoms with Gasteiger partial charge in [0.05, 0.1) is 10.4 Å². The number of aromatic hydroxyl groups is 1. The van der Waals surface area contributed by atoms with E-state index in [-0.39, 0.29) is 5.88 Å². The highest BCUT2D eigenvalue weighted by Crippen LogP contribution is 2.25. The molecule has 0 atom stereocenters. The summed E-state index contributed by atoms with van der Waals surface area (Å²) in [5, 5.41) is 12.2. The summed E-state index contributed by atoms with van der Waals surface area (Å²) in [6.07, 6.45) is 0. The molecule has 3 heteroatoms. The molecule has 0 radical (unpaired) electrons. The number of hydrogen-bond donors (Lipinski definition) is 1. The molecule has 2 nitrogen and oxygen atoms in total. The fourth-order valence-electron chi connectivity index (χ4n) is 1.12. The van der Waals surface area contributed by atoms with Crippen molar-refractivity contribution < 1.29 is 5.11 Å². The second-order valence-corrected chi connectivity index (χ2v) is 3.32. The van der Waals surface area contributed by atoms with Crippen LogP contribution in [-0.2, 0) is 0 Å². The van der Waals surface area contributed by atoms with Crippen LogP contribution in [-0.4, -0.2) is 10.1 Å². The highest BCUT2D eigenvalue weighted by Gasteiger charge is 2.01. The highest BCUT2D eigenvalue weighted by molar-refractivity contribution is 7.17. The number of hydrogen-bond acceptors (Lipinski definition) is 3. The van der Waals surface area contributed by atoms with E-state index in [9.17, 15) is 0 Å². The predicted octanol–water partition coefficient (Wildman–Crippen LogP) is 2.31.